The summed E-state index contributed by atoms with van der Waals surface area (Å²) < 4.78 is 13.8. The molecule has 3 aromatic carbocycles. The molecule has 0 unspecified atom stereocenters. The van der Waals surface area contributed by atoms with Crippen LogP contribution in [0.5, 0.6) is 0 Å². The first-order valence-corrected chi connectivity index (χ1v) is 8.36. The highest BCUT2D eigenvalue weighted by Gasteiger charge is 2.35. The van der Waals surface area contributed by atoms with Crippen molar-refractivity contribution in [3.05, 3.63) is 94.8 Å². The van der Waals surface area contributed by atoms with Crippen molar-refractivity contribution in [2.24, 2.45) is 0 Å². The number of carbonyl (C=O) groups is 2. The lowest BCUT2D eigenvalue weighted by Crippen LogP contribution is -2.29. The lowest BCUT2D eigenvalue weighted by atomic mass is 9.95. The minimum atomic E-state index is -0.318. The van der Waals surface area contributed by atoms with Crippen LogP contribution in [0, 0.1) is 12.7 Å². The molecule has 0 aromatic heterocycles. The van der Waals surface area contributed by atoms with Crippen LogP contribution in [0.15, 0.2) is 66.7 Å². The summed E-state index contributed by atoms with van der Waals surface area (Å²) in [7, 11) is 0. The number of hydrogen-bond donors (Lipinski definition) is 0. The number of carbonyl (C=O) groups excluding carboxylic acids is 2. The summed E-state index contributed by atoms with van der Waals surface area (Å²) in [4.78, 5) is 26.5. The molecule has 0 radical (unpaired) electrons. The highest BCUT2D eigenvalue weighted by Crippen LogP contribution is 2.31. The molecule has 0 atom stereocenters. The van der Waals surface area contributed by atoms with Crippen molar-refractivity contribution in [2.75, 3.05) is 0 Å². The number of imide groups is 1. The number of aryl methyl sites for hydroxylation is 1. The predicted molar refractivity (Wildman–Crippen MR) is 97.2 cm³/mol. The van der Waals surface area contributed by atoms with E-state index in [1.165, 1.54) is 17.0 Å². The van der Waals surface area contributed by atoms with Gasteiger partial charge in [-0.1, -0.05) is 42.5 Å². The zero-order valence-electron chi connectivity index (χ0n) is 14.2. The third-order valence-electron chi connectivity index (χ3n) is 4.71. The Labute approximate surface area is 150 Å². The summed E-state index contributed by atoms with van der Waals surface area (Å²) in [6.45, 7) is 2.06. The first-order chi connectivity index (χ1) is 12.6. The van der Waals surface area contributed by atoms with Crippen LogP contribution in [-0.2, 0) is 6.54 Å². The normalized spacial score (nSPS) is 13.2. The van der Waals surface area contributed by atoms with Crippen molar-refractivity contribution < 1.29 is 14.0 Å². The van der Waals surface area contributed by atoms with Crippen LogP contribution < -0.4 is 0 Å². The van der Waals surface area contributed by atoms with Crippen LogP contribution in [0.3, 0.4) is 0 Å². The fourth-order valence-electron chi connectivity index (χ4n) is 3.36. The van der Waals surface area contributed by atoms with E-state index in [9.17, 15) is 14.0 Å². The molecule has 0 fully saturated rings. The summed E-state index contributed by atoms with van der Waals surface area (Å²) in [6.07, 6.45) is 0. The number of hydrogen-bond acceptors (Lipinski definition) is 2. The van der Waals surface area contributed by atoms with Crippen LogP contribution in [0.2, 0.25) is 0 Å². The van der Waals surface area contributed by atoms with Gasteiger partial charge in [-0.3, -0.25) is 14.5 Å². The van der Waals surface area contributed by atoms with Gasteiger partial charge in [0.1, 0.15) is 5.82 Å². The fourth-order valence-corrected chi connectivity index (χ4v) is 3.36. The van der Waals surface area contributed by atoms with Gasteiger partial charge in [-0.05, 0) is 53.4 Å². The smallest absolute Gasteiger partial charge is 0.261 e. The Morgan fingerprint density at radius 2 is 1.35 bits per heavy atom. The van der Waals surface area contributed by atoms with Gasteiger partial charge in [0.05, 0.1) is 17.7 Å². The van der Waals surface area contributed by atoms with Crippen LogP contribution in [-0.4, -0.2) is 16.7 Å². The number of halogens is 1. The number of fused-ring (bicyclic) bond motifs is 1. The van der Waals surface area contributed by atoms with Gasteiger partial charge < -0.3 is 0 Å². The Bertz CT molecular complexity index is 1010. The second-order valence-corrected chi connectivity index (χ2v) is 6.36. The first kappa shape index (κ1) is 16.2. The Morgan fingerprint density at radius 3 is 2.00 bits per heavy atom. The number of amides is 2. The Morgan fingerprint density at radius 1 is 0.769 bits per heavy atom. The summed E-state index contributed by atoms with van der Waals surface area (Å²) in [6, 6.07) is 18.9. The molecular formula is C22H16FNO2. The van der Waals surface area contributed by atoms with E-state index in [0.717, 1.165) is 22.3 Å². The molecule has 2 amide bonds. The second-order valence-electron chi connectivity index (χ2n) is 6.36. The van der Waals surface area contributed by atoms with Crippen LogP contribution >= 0.6 is 0 Å². The van der Waals surface area contributed by atoms with Crippen molar-refractivity contribution in [2.45, 2.75) is 13.5 Å². The maximum atomic E-state index is 13.8. The van der Waals surface area contributed by atoms with E-state index in [2.05, 4.69) is 0 Å². The molecule has 1 aliphatic heterocycles. The van der Waals surface area contributed by atoms with Gasteiger partial charge >= 0.3 is 0 Å². The van der Waals surface area contributed by atoms with Crippen molar-refractivity contribution in [1.82, 2.24) is 4.90 Å². The van der Waals surface area contributed by atoms with Gasteiger partial charge in [-0.2, -0.15) is 0 Å². The molecule has 0 N–H and O–H groups in total. The zero-order chi connectivity index (χ0) is 18.3. The Balaban J connectivity index is 1.74. The third kappa shape index (κ3) is 2.60. The molecule has 0 saturated carbocycles. The summed E-state index contributed by atoms with van der Waals surface area (Å²) in [5, 5.41) is 0. The van der Waals surface area contributed by atoms with Gasteiger partial charge in [0.2, 0.25) is 0 Å². The number of benzene rings is 3. The lowest BCUT2D eigenvalue weighted by Gasteiger charge is -2.18. The first-order valence-electron chi connectivity index (χ1n) is 8.36. The maximum absolute atomic E-state index is 13.8. The van der Waals surface area contributed by atoms with Crippen LogP contribution in [0.1, 0.15) is 31.8 Å². The molecule has 1 aliphatic rings. The molecule has 4 rings (SSSR count). The average Bonchev–Trinajstić information content (AvgIpc) is 2.90. The van der Waals surface area contributed by atoms with E-state index in [4.69, 9.17) is 0 Å². The molecule has 0 bridgehead atoms. The standard InChI is InChI=1S/C22H16FNO2/c1-14-10-11-16(23)12-20(14)17-7-3-2-6-15(17)13-24-21(25)18-8-4-5-9-19(18)22(24)26/h2-12H,13H2,1H3. The van der Waals surface area contributed by atoms with E-state index < -0.39 is 0 Å². The van der Waals surface area contributed by atoms with Gasteiger partial charge in [-0.25, -0.2) is 4.39 Å². The summed E-state index contributed by atoms with van der Waals surface area (Å²) in [5.41, 5.74) is 4.17. The molecule has 128 valence electrons. The molecule has 0 saturated heterocycles. The molecule has 4 heteroatoms. The highest BCUT2D eigenvalue weighted by molar-refractivity contribution is 6.21. The average molecular weight is 345 g/mol. The van der Waals surface area contributed by atoms with E-state index in [1.54, 1.807) is 30.3 Å². The van der Waals surface area contributed by atoms with E-state index in [-0.39, 0.29) is 24.2 Å². The quantitative estimate of drug-likeness (QED) is 0.651. The SMILES string of the molecule is Cc1ccc(F)cc1-c1ccccc1CN1C(=O)c2ccccc2C1=O. The van der Waals surface area contributed by atoms with E-state index in [1.807, 2.05) is 31.2 Å². The maximum Gasteiger partial charge on any atom is 0.261 e. The molecular weight excluding hydrogens is 329 g/mol. The Hall–Kier alpha value is -3.27. The molecule has 3 nitrogen and oxygen atoms in total. The number of nitrogens with zero attached hydrogens (tertiary/aromatic N) is 1. The van der Waals surface area contributed by atoms with Gasteiger partial charge in [0.25, 0.3) is 11.8 Å². The van der Waals surface area contributed by atoms with E-state index in [0.29, 0.717) is 11.1 Å². The fraction of sp³-hybridized carbons (Fsp3) is 0.0909. The van der Waals surface area contributed by atoms with Gasteiger partial charge in [0.15, 0.2) is 0 Å². The topological polar surface area (TPSA) is 37.4 Å². The van der Waals surface area contributed by atoms with Gasteiger partial charge in [0, 0.05) is 0 Å². The largest absolute Gasteiger partial charge is 0.270 e. The Kier molecular flexibility index (Phi) is 3.88. The minimum absolute atomic E-state index is 0.151. The van der Waals surface area contributed by atoms with Crippen molar-refractivity contribution in [3.8, 4) is 11.1 Å². The summed E-state index contributed by atoms with van der Waals surface area (Å²) in [5.74, 6) is -0.908. The van der Waals surface area contributed by atoms with Gasteiger partial charge in [-0.15, -0.1) is 0 Å². The predicted octanol–water partition coefficient (Wildman–Crippen LogP) is 4.60. The lowest BCUT2D eigenvalue weighted by molar-refractivity contribution is 0.0642. The monoisotopic (exact) mass is 345 g/mol. The zero-order valence-corrected chi connectivity index (χ0v) is 14.2. The molecule has 3 aromatic rings. The van der Waals surface area contributed by atoms with Crippen LogP contribution in [0.25, 0.3) is 11.1 Å². The van der Waals surface area contributed by atoms with Crippen molar-refractivity contribution in [1.29, 1.82) is 0 Å². The van der Waals surface area contributed by atoms with Crippen molar-refractivity contribution >= 4 is 11.8 Å². The minimum Gasteiger partial charge on any atom is -0.270 e. The third-order valence-corrected chi connectivity index (χ3v) is 4.71. The summed E-state index contributed by atoms with van der Waals surface area (Å²) >= 11 is 0. The number of rotatable bonds is 3. The van der Waals surface area contributed by atoms with Crippen molar-refractivity contribution in [3.63, 3.8) is 0 Å². The molecule has 26 heavy (non-hydrogen) atoms. The van der Waals surface area contributed by atoms with E-state index >= 15 is 0 Å². The molecule has 0 aliphatic carbocycles. The molecule has 1 heterocycles. The molecule has 0 spiro atoms. The second kappa shape index (κ2) is 6.23. The highest BCUT2D eigenvalue weighted by atomic mass is 19.1. The van der Waals surface area contributed by atoms with Crippen LogP contribution in [0.4, 0.5) is 4.39 Å².